The number of fused-ring (bicyclic) bond motifs is 1. The summed E-state index contributed by atoms with van der Waals surface area (Å²) in [6.07, 6.45) is 0.813. The summed E-state index contributed by atoms with van der Waals surface area (Å²) in [4.78, 5) is 29.6. The average Bonchev–Trinajstić information content (AvgIpc) is 2.52. The minimum atomic E-state index is -0.931. The summed E-state index contributed by atoms with van der Waals surface area (Å²) in [5, 5.41) is 10.7. The second-order valence-electron chi connectivity index (χ2n) is 5.76. The summed E-state index contributed by atoms with van der Waals surface area (Å²) >= 11 is 0. The molecule has 1 fully saturated rings. The van der Waals surface area contributed by atoms with Crippen LogP contribution in [0.5, 0.6) is 0 Å². The summed E-state index contributed by atoms with van der Waals surface area (Å²) in [6, 6.07) is 9.45. The number of hydrogen-bond donors (Lipinski definition) is 1. The van der Waals surface area contributed by atoms with E-state index in [0.717, 1.165) is 10.8 Å². The van der Waals surface area contributed by atoms with Gasteiger partial charge in [0.2, 0.25) is 0 Å². The first-order valence-electron chi connectivity index (χ1n) is 7.55. The summed E-state index contributed by atoms with van der Waals surface area (Å²) < 4.78 is 5.61. The van der Waals surface area contributed by atoms with Gasteiger partial charge in [0.1, 0.15) is 5.69 Å². The normalized spacial score (nSPS) is 21.3. The molecule has 3 rings (SSSR count). The third kappa shape index (κ3) is 3.32. The number of benzene rings is 1. The molecule has 2 unspecified atom stereocenters. The number of carboxylic acids is 1. The Bertz CT molecular complexity index is 741. The van der Waals surface area contributed by atoms with Gasteiger partial charge in [-0.25, -0.2) is 0 Å². The van der Waals surface area contributed by atoms with Gasteiger partial charge < -0.3 is 14.7 Å². The third-order valence-electron chi connectivity index (χ3n) is 3.89. The summed E-state index contributed by atoms with van der Waals surface area (Å²) in [7, 11) is 0. The Hall–Kier alpha value is -2.47. The minimum absolute atomic E-state index is 0.114. The lowest BCUT2D eigenvalue weighted by atomic mass is 10.1. The predicted octanol–water partition coefficient (Wildman–Crippen LogP) is 1.94. The van der Waals surface area contributed by atoms with E-state index in [1.54, 1.807) is 11.1 Å². The molecule has 2 atom stereocenters. The highest BCUT2D eigenvalue weighted by atomic mass is 16.5. The fourth-order valence-corrected chi connectivity index (χ4v) is 2.96. The van der Waals surface area contributed by atoms with Crippen LogP contribution in [0.2, 0.25) is 0 Å². The van der Waals surface area contributed by atoms with Crippen molar-refractivity contribution in [2.75, 3.05) is 13.1 Å². The molecule has 6 heteroatoms. The second-order valence-corrected chi connectivity index (χ2v) is 5.76. The number of amides is 1. The lowest BCUT2D eigenvalue weighted by molar-refractivity contribution is -0.144. The van der Waals surface area contributed by atoms with Crippen molar-refractivity contribution in [1.82, 2.24) is 9.88 Å². The van der Waals surface area contributed by atoms with Crippen molar-refractivity contribution in [3.8, 4) is 0 Å². The van der Waals surface area contributed by atoms with Gasteiger partial charge in [-0.1, -0.05) is 24.3 Å². The van der Waals surface area contributed by atoms with Crippen LogP contribution in [0.15, 0.2) is 36.5 Å². The number of ether oxygens (including phenoxy) is 1. The molecular formula is C17H18N2O4. The van der Waals surface area contributed by atoms with E-state index >= 15 is 0 Å². The molecule has 2 aromatic rings. The number of rotatable bonds is 3. The Balaban J connectivity index is 1.87. The maximum atomic E-state index is 12.9. The van der Waals surface area contributed by atoms with E-state index in [4.69, 9.17) is 9.84 Å². The molecule has 1 saturated heterocycles. The molecule has 0 radical (unpaired) electrons. The van der Waals surface area contributed by atoms with Gasteiger partial charge >= 0.3 is 5.97 Å². The van der Waals surface area contributed by atoms with E-state index in [1.165, 1.54) is 0 Å². The number of carbonyl (C=O) groups is 2. The molecule has 120 valence electrons. The lowest BCUT2D eigenvalue weighted by Gasteiger charge is -2.36. The van der Waals surface area contributed by atoms with Crippen LogP contribution >= 0.6 is 0 Å². The Kier molecular flexibility index (Phi) is 4.25. The standard InChI is InChI=1S/C17H18N2O4/c1-11-9-19(10-13(23-11)8-15(20)21)17(22)16-14-5-3-2-4-12(14)6-7-18-16/h2-7,11,13H,8-10H2,1H3,(H,20,21). The van der Waals surface area contributed by atoms with Crippen molar-refractivity contribution in [2.24, 2.45) is 0 Å². The van der Waals surface area contributed by atoms with Gasteiger partial charge in [-0.2, -0.15) is 0 Å². The number of aromatic nitrogens is 1. The van der Waals surface area contributed by atoms with Crippen LogP contribution in [-0.4, -0.2) is 52.2 Å². The SMILES string of the molecule is CC1CN(C(=O)c2nccc3ccccc23)CC(CC(=O)O)O1. The molecule has 1 aliphatic rings. The zero-order valence-corrected chi connectivity index (χ0v) is 12.8. The largest absolute Gasteiger partial charge is 0.481 e. The Labute approximate surface area is 133 Å². The molecule has 1 aromatic carbocycles. The first kappa shape index (κ1) is 15.4. The number of hydrogen-bond acceptors (Lipinski definition) is 4. The first-order valence-corrected chi connectivity index (χ1v) is 7.55. The number of aliphatic carboxylic acids is 1. The van der Waals surface area contributed by atoms with Gasteiger partial charge in [-0.15, -0.1) is 0 Å². The summed E-state index contributed by atoms with van der Waals surface area (Å²) in [5.74, 6) is -1.12. The van der Waals surface area contributed by atoms with E-state index in [1.807, 2.05) is 37.3 Å². The van der Waals surface area contributed by atoms with E-state index < -0.39 is 12.1 Å². The van der Waals surface area contributed by atoms with Gasteiger partial charge in [-0.05, 0) is 18.4 Å². The van der Waals surface area contributed by atoms with Crippen molar-refractivity contribution in [1.29, 1.82) is 0 Å². The monoisotopic (exact) mass is 314 g/mol. The predicted molar refractivity (Wildman–Crippen MR) is 84.2 cm³/mol. The topological polar surface area (TPSA) is 79.7 Å². The first-order chi connectivity index (χ1) is 11.0. The fraction of sp³-hybridized carbons (Fsp3) is 0.353. The molecule has 2 heterocycles. The number of pyridine rings is 1. The molecule has 23 heavy (non-hydrogen) atoms. The van der Waals surface area contributed by atoms with Crippen molar-refractivity contribution < 1.29 is 19.4 Å². The van der Waals surface area contributed by atoms with Gasteiger partial charge in [0, 0.05) is 24.7 Å². The van der Waals surface area contributed by atoms with Crippen LogP contribution in [0.4, 0.5) is 0 Å². The Morgan fingerprint density at radius 1 is 1.30 bits per heavy atom. The lowest BCUT2D eigenvalue weighted by Crippen LogP contribution is -2.49. The maximum absolute atomic E-state index is 12.9. The smallest absolute Gasteiger partial charge is 0.306 e. The summed E-state index contributed by atoms with van der Waals surface area (Å²) in [5.41, 5.74) is 0.395. The molecule has 1 amide bonds. The molecular weight excluding hydrogens is 296 g/mol. The van der Waals surface area contributed by atoms with Crippen LogP contribution in [-0.2, 0) is 9.53 Å². The number of carbonyl (C=O) groups excluding carboxylic acids is 1. The number of nitrogens with zero attached hydrogens (tertiary/aromatic N) is 2. The second kappa shape index (κ2) is 6.34. The van der Waals surface area contributed by atoms with Gasteiger partial charge in [0.25, 0.3) is 5.91 Å². The molecule has 0 saturated carbocycles. The van der Waals surface area contributed by atoms with E-state index in [0.29, 0.717) is 12.2 Å². The maximum Gasteiger partial charge on any atom is 0.306 e. The van der Waals surface area contributed by atoms with Gasteiger partial charge in [-0.3, -0.25) is 14.6 Å². The summed E-state index contributed by atoms with van der Waals surface area (Å²) in [6.45, 7) is 2.53. The molecule has 1 aliphatic heterocycles. The highest BCUT2D eigenvalue weighted by Gasteiger charge is 2.31. The molecule has 1 N–H and O–H groups in total. The van der Waals surface area contributed by atoms with Crippen LogP contribution in [0.3, 0.4) is 0 Å². The van der Waals surface area contributed by atoms with Crippen LogP contribution < -0.4 is 0 Å². The van der Waals surface area contributed by atoms with Gasteiger partial charge in [0.05, 0.1) is 18.6 Å². The quantitative estimate of drug-likeness (QED) is 0.936. The van der Waals surface area contributed by atoms with Gasteiger partial charge in [0.15, 0.2) is 0 Å². The van der Waals surface area contributed by atoms with E-state index in [-0.39, 0.29) is 25.0 Å². The highest BCUT2D eigenvalue weighted by molar-refractivity contribution is 6.05. The van der Waals surface area contributed by atoms with E-state index in [9.17, 15) is 9.59 Å². The van der Waals surface area contributed by atoms with Crippen molar-refractivity contribution in [3.63, 3.8) is 0 Å². The minimum Gasteiger partial charge on any atom is -0.481 e. The van der Waals surface area contributed by atoms with Crippen LogP contribution in [0.1, 0.15) is 23.8 Å². The number of carboxylic acid groups (broad SMARTS) is 1. The zero-order valence-electron chi connectivity index (χ0n) is 12.8. The molecule has 0 aliphatic carbocycles. The Morgan fingerprint density at radius 3 is 2.87 bits per heavy atom. The molecule has 0 spiro atoms. The van der Waals surface area contributed by atoms with E-state index in [2.05, 4.69) is 4.98 Å². The fourth-order valence-electron chi connectivity index (χ4n) is 2.96. The van der Waals surface area contributed by atoms with Crippen LogP contribution in [0, 0.1) is 0 Å². The number of morpholine rings is 1. The van der Waals surface area contributed by atoms with Crippen molar-refractivity contribution in [2.45, 2.75) is 25.6 Å². The third-order valence-corrected chi connectivity index (χ3v) is 3.89. The molecule has 0 bridgehead atoms. The highest BCUT2D eigenvalue weighted by Crippen LogP contribution is 2.21. The van der Waals surface area contributed by atoms with Crippen molar-refractivity contribution >= 4 is 22.6 Å². The molecule has 1 aromatic heterocycles. The average molecular weight is 314 g/mol. The van der Waals surface area contributed by atoms with Crippen LogP contribution in [0.25, 0.3) is 10.8 Å². The Morgan fingerprint density at radius 2 is 2.09 bits per heavy atom. The zero-order chi connectivity index (χ0) is 16.4. The molecule has 6 nitrogen and oxygen atoms in total. The van der Waals surface area contributed by atoms with Crippen molar-refractivity contribution in [3.05, 3.63) is 42.2 Å².